The van der Waals surface area contributed by atoms with Gasteiger partial charge in [0.15, 0.2) is 0 Å². The lowest BCUT2D eigenvalue weighted by molar-refractivity contribution is -0.137. The highest BCUT2D eigenvalue weighted by molar-refractivity contribution is 5.84. The molecule has 8 heteroatoms. The minimum Gasteiger partial charge on any atom is -0.496 e. The van der Waals surface area contributed by atoms with Crippen LogP contribution in [0, 0.1) is 5.82 Å². The fraction of sp³-hybridized carbons (Fsp3) is 0.296. The van der Waals surface area contributed by atoms with Crippen LogP contribution in [0.1, 0.15) is 47.2 Å². The number of alkyl halides is 3. The van der Waals surface area contributed by atoms with Crippen molar-refractivity contribution in [3.63, 3.8) is 0 Å². The second-order valence-electron chi connectivity index (χ2n) is 8.46. The predicted octanol–water partition coefficient (Wildman–Crippen LogP) is 6.05. The lowest BCUT2D eigenvalue weighted by atomic mass is 10.00. The van der Waals surface area contributed by atoms with Gasteiger partial charge in [-0.25, -0.2) is 4.39 Å². The first-order valence-corrected chi connectivity index (χ1v) is 11.4. The van der Waals surface area contributed by atoms with Gasteiger partial charge in [0.25, 0.3) is 0 Å². The number of nitrogens with one attached hydrogen (secondary N) is 1. The smallest absolute Gasteiger partial charge is 0.416 e. The van der Waals surface area contributed by atoms with Crippen LogP contribution in [0.5, 0.6) is 5.75 Å². The summed E-state index contributed by atoms with van der Waals surface area (Å²) >= 11 is 0. The van der Waals surface area contributed by atoms with Crippen LogP contribution in [-0.2, 0) is 17.5 Å². The van der Waals surface area contributed by atoms with Crippen molar-refractivity contribution in [3.05, 3.63) is 101 Å². The fourth-order valence-electron chi connectivity index (χ4n) is 4.53. The molecule has 2 unspecified atom stereocenters. The molecule has 1 N–H and O–H groups in total. The van der Waals surface area contributed by atoms with Crippen molar-refractivity contribution in [1.82, 2.24) is 10.2 Å². The van der Waals surface area contributed by atoms with Gasteiger partial charge in [-0.3, -0.25) is 10.1 Å². The van der Waals surface area contributed by atoms with Crippen LogP contribution in [0.3, 0.4) is 0 Å². The zero-order valence-electron chi connectivity index (χ0n) is 19.2. The topological polar surface area (TPSA) is 41.6 Å². The molecular weight excluding hydrogens is 460 g/mol. The average Bonchev–Trinajstić information content (AvgIpc) is 3.34. The van der Waals surface area contributed by atoms with Crippen molar-refractivity contribution < 1.29 is 27.1 Å². The van der Waals surface area contributed by atoms with Crippen LogP contribution in [0.2, 0.25) is 0 Å². The molecule has 0 spiro atoms. The molecule has 1 heterocycles. The van der Waals surface area contributed by atoms with E-state index in [0.29, 0.717) is 23.4 Å². The van der Waals surface area contributed by atoms with Gasteiger partial charge in [0.05, 0.1) is 18.7 Å². The quantitative estimate of drug-likeness (QED) is 0.414. The molecule has 1 fully saturated rings. The second kappa shape index (κ2) is 10.5. The highest BCUT2D eigenvalue weighted by Gasteiger charge is 2.36. The lowest BCUT2D eigenvalue weighted by Crippen LogP contribution is -2.40. The molecule has 3 aromatic carbocycles. The number of rotatable bonds is 7. The number of carbonyl (C=O) groups excluding carboxylic acids is 1. The number of halogens is 4. The zero-order valence-corrected chi connectivity index (χ0v) is 19.2. The third kappa shape index (κ3) is 5.48. The minimum atomic E-state index is -4.48. The molecule has 1 aliphatic heterocycles. The number of ether oxygens (including phenoxy) is 1. The molecule has 4 rings (SSSR count). The Bertz CT molecular complexity index is 1160. The van der Waals surface area contributed by atoms with E-state index in [0.717, 1.165) is 30.5 Å². The second-order valence-corrected chi connectivity index (χ2v) is 8.46. The number of amides is 1. The number of carbonyl (C=O) groups is 1. The van der Waals surface area contributed by atoms with Gasteiger partial charge in [-0.15, -0.1) is 0 Å². The molecule has 1 amide bonds. The molecular formula is C27H26F4N2O2. The summed E-state index contributed by atoms with van der Waals surface area (Å²) in [5.74, 6) is -0.0382. The summed E-state index contributed by atoms with van der Waals surface area (Å²) < 4.78 is 59.0. The Morgan fingerprint density at radius 2 is 1.74 bits per heavy atom. The molecule has 0 saturated carbocycles. The third-order valence-corrected chi connectivity index (χ3v) is 6.31. The van der Waals surface area contributed by atoms with Gasteiger partial charge in [0, 0.05) is 24.2 Å². The van der Waals surface area contributed by atoms with Crippen LogP contribution in [0.15, 0.2) is 72.8 Å². The SMILES string of the molecule is COc1ccccc1C1CCCN1C(=O)C(NCc1ccccc1F)c1ccc(C(F)(F)F)cc1. The normalized spacial score (nSPS) is 16.8. The lowest BCUT2D eigenvalue weighted by Gasteiger charge is -2.31. The summed E-state index contributed by atoms with van der Waals surface area (Å²) in [5, 5.41) is 3.08. The third-order valence-electron chi connectivity index (χ3n) is 6.31. The van der Waals surface area contributed by atoms with Crippen LogP contribution < -0.4 is 10.1 Å². The van der Waals surface area contributed by atoms with Crippen molar-refractivity contribution in [2.75, 3.05) is 13.7 Å². The maximum absolute atomic E-state index is 14.2. The van der Waals surface area contributed by atoms with E-state index in [2.05, 4.69) is 5.32 Å². The molecule has 0 aromatic heterocycles. The van der Waals surface area contributed by atoms with Crippen LogP contribution in [0.25, 0.3) is 0 Å². The van der Waals surface area contributed by atoms with Gasteiger partial charge in [-0.1, -0.05) is 48.5 Å². The summed E-state index contributed by atoms with van der Waals surface area (Å²) in [6, 6.07) is 17.0. The van der Waals surface area contributed by atoms with E-state index >= 15 is 0 Å². The molecule has 2 atom stereocenters. The summed E-state index contributed by atoms with van der Waals surface area (Å²) in [4.78, 5) is 15.6. The van der Waals surface area contributed by atoms with Crippen molar-refractivity contribution in [3.8, 4) is 5.75 Å². The van der Waals surface area contributed by atoms with Crippen molar-refractivity contribution >= 4 is 5.91 Å². The van der Waals surface area contributed by atoms with Crippen molar-refractivity contribution in [2.24, 2.45) is 0 Å². The Morgan fingerprint density at radius 3 is 2.43 bits per heavy atom. The number of hydrogen-bond donors (Lipinski definition) is 1. The van der Waals surface area contributed by atoms with E-state index in [1.807, 2.05) is 24.3 Å². The maximum Gasteiger partial charge on any atom is 0.416 e. The molecule has 184 valence electrons. The predicted molar refractivity (Wildman–Crippen MR) is 124 cm³/mol. The zero-order chi connectivity index (χ0) is 25.0. The summed E-state index contributed by atoms with van der Waals surface area (Å²) in [7, 11) is 1.57. The van der Waals surface area contributed by atoms with Crippen LogP contribution in [0.4, 0.5) is 17.6 Å². The van der Waals surface area contributed by atoms with Gasteiger partial charge in [0.2, 0.25) is 5.91 Å². The Labute approximate surface area is 201 Å². The molecule has 3 aromatic rings. The van der Waals surface area contributed by atoms with E-state index in [4.69, 9.17) is 4.74 Å². The van der Waals surface area contributed by atoms with Gasteiger partial charge < -0.3 is 9.64 Å². The largest absolute Gasteiger partial charge is 0.496 e. The van der Waals surface area contributed by atoms with Crippen molar-refractivity contribution in [1.29, 1.82) is 0 Å². The molecule has 0 radical (unpaired) electrons. The molecule has 0 aliphatic carbocycles. The summed E-state index contributed by atoms with van der Waals surface area (Å²) in [5.41, 5.74) is 0.820. The van der Waals surface area contributed by atoms with Gasteiger partial charge in [0.1, 0.15) is 17.6 Å². The summed E-state index contributed by atoms with van der Waals surface area (Å²) in [6.07, 6.45) is -2.97. The number of para-hydroxylation sites is 1. The Kier molecular flexibility index (Phi) is 7.40. The minimum absolute atomic E-state index is 0.0390. The fourth-order valence-corrected chi connectivity index (χ4v) is 4.53. The molecule has 4 nitrogen and oxygen atoms in total. The molecule has 0 bridgehead atoms. The van der Waals surface area contributed by atoms with Gasteiger partial charge >= 0.3 is 6.18 Å². The van der Waals surface area contributed by atoms with Gasteiger partial charge in [-0.2, -0.15) is 13.2 Å². The highest BCUT2D eigenvalue weighted by atomic mass is 19.4. The Balaban J connectivity index is 1.65. The number of hydrogen-bond acceptors (Lipinski definition) is 3. The monoisotopic (exact) mass is 486 g/mol. The Hall–Kier alpha value is -3.39. The first-order valence-electron chi connectivity index (χ1n) is 11.4. The number of likely N-dealkylation sites (tertiary alicyclic amines) is 1. The van der Waals surface area contributed by atoms with Gasteiger partial charge in [-0.05, 0) is 42.7 Å². The van der Waals surface area contributed by atoms with E-state index in [9.17, 15) is 22.4 Å². The first-order chi connectivity index (χ1) is 16.8. The Morgan fingerprint density at radius 1 is 1.06 bits per heavy atom. The van der Waals surface area contributed by atoms with Crippen LogP contribution in [-0.4, -0.2) is 24.5 Å². The number of nitrogens with zero attached hydrogens (tertiary/aromatic N) is 1. The van der Waals surface area contributed by atoms with Crippen LogP contribution >= 0.6 is 0 Å². The van der Waals surface area contributed by atoms with E-state index < -0.39 is 23.6 Å². The number of methoxy groups -OCH3 is 1. The first kappa shape index (κ1) is 24.7. The van der Waals surface area contributed by atoms with E-state index in [1.165, 1.54) is 18.2 Å². The van der Waals surface area contributed by atoms with E-state index in [-0.39, 0.29) is 18.5 Å². The van der Waals surface area contributed by atoms with Crippen molar-refractivity contribution in [2.45, 2.75) is 37.6 Å². The number of benzene rings is 3. The average molecular weight is 487 g/mol. The van der Waals surface area contributed by atoms with E-state index in [1.54, 1.807) is 30.2 Å². The maximum atomic E-state index is 14.2. The molecule has 35 heavy (non-hydrogen) atoms. The molecule has 1 saturated heterocycles. The highest BCUT2D eigenvalue weighted by Crippen LogP contribution is 2.39. The summed E-state index contributed by atoms with van der Waals surface area (Å²) in [6.45, 7) is 0.539. The molecule has 1 aliphatic rings. The standard InChI is InChI=1S/C27H26F4N2O2/c1-35-24-11-5-3-8-21(24)23-10-6-16-33(23)26(34)25(32-17-19-7-2-4-9-22(19)28)18-12-14-20(15-13-18)27(29,30)31/h2-5,7-9,11-15,23,25,32H,6,10,16-17H2,1H3.